The lowest BCUT2D eigenvalue weighted by atomic mass is 10.0. The molecule has 19 heavy (non-hydrogen) atoms. The maximum Gasteiger partial charge on any atom is 0.306 e. The van der Waals surface area contributed by atoms with Gasteiger partial charge in [0.2, 0.25) is 0 Å². The summed E-state index contributed by atoms with van der Waals surface area (Å²) in [4.78, 5) is 25.2. The van der Waals surface area contributed by atoms with Crippen molar-refractivity contribution in [3.63, 3.8) is 0 Å². The summed E-state index contributed by atoms with van der Waals surface area (Å²) in [5, 5.41) is 0.106. The number of thioether (sulfide) groups is 1. The van der Waals surface area contributed by atoms with Crippen LogP contribution in [0.5, 0.6) is 0 Å². The van der Waals surface area contributed by atoms with Gasteiger partial charge in [0, 0.05) is 25.3 Å². The molecule has 0 aliphatic rings. The molecule has 0 rings (SSSR count). The van der Waals surface area contributed by atoms with Crippen molar-refractivity contribution in [1.82, 2.24) is 4.90 Å². The molecule has 1 amide bonds. The van der Waals surface area contributed by atoms with Crippen molar-refractivity contribution in [1.29, 1.82) is 0 Å². The Labute approximate surface area is 121 Å². The van der Waals surface area contributed by atoms with Crippen LogP contribution in [0.1, 0.15) is 47.0 Å². The van der Waals surface area contributed by atoms with Gasteiger partial charge < -0.3 is 9.64 Å². The van der Waals surface area contributed by atoms with Crippen LogP contribution in [-0.2, 0) is 9.53 Å². The lowest BCUT2D eigenvalue weighted by molar-refractivity contribution is -0.144. The summed E-state index contributed by atoms with van der Waals surface area (Å²) in [5.41, 5.74) is 0. The average molecular weight is 289 g/mol. The van der Waals surface area contributed by atoms with E-state index in [0.29, 0.717) is 18.8 Å². The molecule has 0 aliphatic carbocycles. The largest absolute Gasteiger partial charge is 0.466 e. The van der Waals surface area contributed by atoms with Gasteiger partial charge in [0.1, 0.15) is 0 Å². The van der Waals surface area contributed by atoms with Gasteiger partial charge in [-0.3, -0.25) is 9.59 Å². The first-order valence-electron chi connectivity index (χ1n) is 7.16. The van der Waals surface area contributed by atoms with Crippen LogP contribution in [0.15, 0.2) is 0 Å². The second-order valence-corrected chi connectivity index (χ2v) is 5.38. The molecule has 0 heterocycles. The Kier molecular flexibility index (Phi) is 10.7. The smallest absolute Gasteiger partial charge is 0.306 e. The zero-order valence-corrected chi connectivity index (χ0v) is 13.4. The van der Waals surface area contributed by atoms with E-state index >= 15 is 0 Å². The maximum atomic E-state index is 11.9. The summed E-state index contributed by atoms with van der Waals surface area (Å²) >= 11 is 1.32. The summed E-state index contributed by atoms with van der Waals surface area (Å²) < 4.78 is 4.97. The van der Waals surface area contributed by atoms with E-state index in [-0.39, 0.29) is 17.1 Å². The first kappa shape index (κ1) is 18.3. The van der Waals surface area contributed by atoms with E-state index in [1.165, 1.54) is 11.8 Å². The van der Waals surface area contributed by atoms with Crippen molar-refractivity contribution in [2.45, 2.75) is 47.0 Å². The van der Waals surface area contributed by atoms with Gasteiger partial charge in [0.05, 0.1) is 6.61 Å². The number of nitrogens with zero attached hydrogens (tertiary/aromatic N) is 1. The van der Waals surface area contributed by atoms with Gasteiger partial charge in [-0.2, -0.15) is 0 Å². The molecule has 0 spiro atoms. The molecular formula is C14H27NO3S. The Bertz CT molecular complexity index is 267. The highest BCUT2D eigenvalue weighted by Crippen LogP contribution is 2.20. The molecule has 1 atom stereocenters. The first-order valence-corrected chi connectivity index (χ1v) is 8.14. The van der Waals surface area contributed by atoms with E-state index in [1.807, 2.05) is 20.8 Å². The zero-order valence-electron chi connectivity index (χ0n) is 12.6. The number of hydrogen-bond donors (Lipinski definition) is 0. The minimum atomic E-state index is -0.156. The van der Waals surface area contributed by atoms with E-state index in [1.54, 1.807) is 4.90 Å². The van der Waals surface area contributed by atoms with Gasteiger partial charge in [-0.1, -0.05) is 25.1 Å². The topological polar surface area (TPSA) is 46.6 Å². The summed E-state index contributed by atoms with van der Waals surface area (Å²) in [7, 11) is 0. The molecule has 0 saturated heterocycles. The number of ether oxygens (including phenoxy) is 1. The van der Waals surface area contributed by atoms with Gasteiger partial charge in [0.25, 0.3) is 5.24 Å². The van der Waals surface area contributed by atoms with E-state index in [4.69, 9.17) is 4.74 Å². The van der Waals surface area contributed by atoms with Gasteiger partial charge >= 0.3 is 5.97 Å². The monoisotopic (exact) mass is 289 g/mol. The SMILES string of the molecule is CCCC(CSC(=O)N(CC)CC)CC(=O)OCC. The molecule has 0 aromatic heterocycles. The number of carbonyl (C=O) groups excluding carboxylic acids is 2. The summed E-state index contributed by atoms with van der Waals surface area (Å²) in [6.07, 6.45) is 2.39. The van der Waals surface area contributed by atoms with Crippen LogP contribution in [0.25, 0.3) is 0 Å². The molecule has 4 nitrogen and oxygen atoms in total. The molecule has 0 saturated carbocycles. The summed E-state index contributed by atoms with van der Waals surface area (Å²) in [6.45, 7) is 9.75. The van der Waals surface area contributed by atoms with Crippen molar-refractivity contribution in [3.05, 3.63) is 0 Å². The molecule has 0 N–H and O–H groups in total. The molecular weight excluding hydrogens is 262 g/mol. The molecule has 1 unspecified atom stereocenters. The Morgan fingerprint density at radius 3 is 2.26 bits per heavy atom. The molecule has 0 fully saturated rings. The second kappa shape index (κ2) is 11.1. The minimum Gasteiger partial charge on any atom is -0.466 e. The van der Waals surface area contributed by atoms with E-state index in [0.717, 1.165) is 25.9 Å². The minimum absolute atomic E-state index is 0.106. The Morgan fingerprint density at radius 2 is 1.79 bits per heavy atom. The quantitative estimate of drug-likeness (QED) is 0.609. The van der Waals surface area contributed by atoms with Crippen molar-refractivity contribution in [3.8, 4) is 0 Å². The molecule has 0 aromatic rings. The predicted octanol–water partition coefficient (Wildman–Crippen LogP) is 3.55. The standard InChI is InChI=1S/C14H27NO3S/c1-5-9-12(10-13(16)18-8-4)11-19-14(17)15(6-2)7-3/h12H,5-11H2,1-4H3. The fraction of sp³-hybridized carbons (Fsp3) is 0.857. The van der Waals surface area contributed by atoms with Crippen LogP contribution < -0.4 is 0 Å². The van der Waals surface area contributed by atoms with Crippen molar-refractivity contribution in [2.24, 2.45) is 5.92 Å². The number of amides is 1. The lowest BCUT2D eigenvalue weighted by Gasteiger charge is -2.20. The van der Waals surface area contributed by atoms with E-state index in [2.05, 4.69) is 6.92 Å². The van der Waals surface area contributed by atoms with Crippen molar-refractivity contribution >= 4 is 23.0 Å². The second-order valence-electron chi connectivity index (χ2n) is 4.41. The third kappa shape index (κ3) is 8.14. The number of hydrogen-bond acceptors (Lipinski definition) is 4. The van der Waals surface area contributed by atoms with Crippen LogP contribution in [0.4, 0.5) is 4.79 Å². The number of esters is 1. The van der Waals surface area contributed by atoms with Gasteiger partial charge in [-0.25, -0.2) is 0 Å². The molecule has 0 bridgehead atoms. The number of rotatable bonds is 9. The molecule has 0 aromatic carbocycles. The highest BCUT2D eigenvalue weighted by atomic mass is 32.2. The first-order chi connectivity index (χ1) is 9.08. The van der Waals surface area contributed by atoms with Crippen LogP contribution in [0.3, 0.4) is 0 Å². The van der Waals surface area contributed by atoms with Crippen molar-refractivity contribution < 1.29 is 14.3 Å². The molecule has 0 aliphatic heterocycles. The predicted molar refractivity (Wildman–Crippen MR) is 80.4 cm³/mol. The van der Waals surface area contributed by atoms with Gasteiger partial charge in [-0.05, 0) is 33.1 Å². The van der Waals surface area contributed by atoms with Crippen LogP contribution in [0.2, 0.25) is 0 Å². The molecule has 0 radical (unpaired) electrons. The van der Waals surface area contributed by atoms with E-state index in [9.17, 15) is 9.59 Å². The average Bonchev–Trinajstić information content (AvgIpc) is 2.38. The third-order valence-corrected chi connectivity index (χ3v) is 4.06. The van der Waals surface area contributed by atoms with Crippen LogP contribution >= 0.6 is 11.8 Å². The number of carbonyl (C=O) groups is 2. The molecule has 5 heteroatoms. The summed E-state index contributed by atoms with van der Waals surface area (Å²) in [6, 6.07) is 0. The Morgan fingerprint density at radius 1 is 1.16 bits per heavy atom. The highest BCUT2D eigenvalue weighted by Gasteiger charge is 2.18. The molecule has 112 valence electrons. The maximum absolute atomic E-state index is 11.9. The lowest BCUT2D eigenvalue weighted by Crippen LogP contribution is -2.27. The highest BCUT2D eigenvalue weighted by molar-refractivity contribution is 8.13. The normalized spacial score (nSPS) is 12.0. The van der Waals surface area contributed by atoms with Gasteiger partial charge in [0.15, 0.2) is 0 Å². The van der Waals surface area contributed by atoms with Crippen molar-refractivity contribution in [2.75, 3.05) is 25.4 Å². The Balaban J connectivity index is 4.19. The zero-order chi connectivity index (χ0) is 14.7. The van der Waals surface area contributed by atoms with E-state index < -0.39 is 0 Å². The summed E-state index contributed by atoms with van der Waals surface area (Å²) in [5.74, 6) is 0.771. The Hall–Kier alpha value is -0.710. The third-order valence-electron chi connectivity index (χ3n) is 2.92. The fourth-order valence-corrected chi connectivity index (χ4v) is 2.97. The fourth-order valence-electron chi connectivity index (χ4n) is 1.87. The van der Waals surface area contributed by atoms with Crippen LogP contribution in [0, 0.1) is 5.92 Å². The van der Waals surface area contributed by atoms with Crippen LogP contribution in [-0.4, -0.2) is 41.6 Å². The van der Waals surface area contributed by atoms with Gasteiger partial charge in [-0.15, -0.1) is 0 Å².